The van der Waals surface area contributed by atoms with Crippen molar-refractivity contribution >= 4 is 17.5 Å². The molecule has 0 aromatic carbocycles. The Morgan fingerprint density at radius 1 is 1.56 bits per heavy atom. The van der Waals surface area contributed by atoms with E-state index in [-0.39, 0.29) is 17.3 Å². The van der Waals surface area contributed by atoms with Gasteiger partial charge in [0.1, 0.15) is 0 Å². The molecule has 2 unspecified atom stereocenters. The number of aromatic nitrogens is 1. The summed E-state index contributed by atoms with van der Waals surface area (Å²) in [5, 5.41) is 2.97. The fourth-order valence-electron chi connectivity index (χ4n) is 1.57. The number of amides is 1. The Hall–Kier alpha value is -1.09. The second kappa shape index (κ2) is 5.85. The minimum atomic E-state index is -0.0876. The van der Waals surface area contributed by atoms with Crippen molar-refractivity contribution in [2.75, 3.05) is 0 Å². The van der Waals surface area contributed by atoms with Gasteiger partial charge in [0.15, 0.2) is 0 Å². The van der Waals surface area contributed by atoms with E-state index < -0.39 is 0 Å². The van der Waals surface area contributed by atoms with E-state index in [1.54, 1.807) is 18.3 Å². The van der Waals surface area contributed by atoms with Crippen molar-refractivity contribution in [1.82, 2.24) is 10.3 Å². The van der Waals surface area contributed by atoms with Crippen LogP contribution in [0.4, 0.5) is 0 Å². The molecular formula is C12H17ClN2O. The number of hydrogen-bond acceptors (Lipinski definition) is 2. The molecule has 1 amide bonds. The summed E-state index contributed by atoms with van der Waals surface area (Å²) in [6, 6.07) is 3.60. The van der Waals surface area contributed by atoms with Crippen LogP contribution in [0, 0.1) is 6.92 Å². The topological polar surface area (TPSA) is 42.0 Å². The molecule has 1 aromatic heterocycles. The lowest BCUT2D eigenvalue weighted by Gasteiger charge is -2.15. The van der Waals surface area contributed by atoms with Gasteiger partial charge in [-0.15, -0.1) is 11.6 Å². The van der Waals surface area contributed by atoms with E-state index in [9.17, 15) is 4.79 Å². The number of hydrogen-bond donors (Lipinski definition) is 1. The van der Waals surface area contributed by atoms with Crippen molar-refractivity contribution in [1.29, 1.82) is 0 Å². The molecule has 16 heavy (non-hydrogen) atoms. The summed E-state index contributed by atoms with van der Waals surface area (Å²) in [7, 11) is 0. The Labute approximate surface area is 101 Å². The maximum Gasteiger partial charge on any atom is 0.253 e. The van der Waals surface area contributed by atoms with Crippen LogP contribution in [0.25, 0.3) is 0 Å². The second-order valence-electron chi connectivity index (χ2n) is 4.03. The molecule has 0 spiro atoms. The summed E-state index contributed by atoms with van der Waals surface area (Å²) >= 11 is 5.87. The number of rotatable bonds is 4. The molecular weight excluding hydrogens is 224 g/mol. The molecule has 1 heterocycles. The maximum absolute atomic E-state index is 11.9. The predicted octanol–water partition coefficient (Wildman–Crippen LogP) is 2.53. The van der Waals surface area contributed by atoms with Gasteiger partial charge in [-0.1, -0.05) is 0 Å². The van der Waals surface area contributed by atoms with E-state index in [1.165, 1.54) is 0 Å². The lowest BCUT2D eigenvalue weighted by molar-refractivity contribution is 0.0937. The van der Waals surface area contributed by atoms with Crippen LogP contribution in [-0.2, 0) is 0 Å². The SMILES string of the molecule is Cc1ncccc1C(=O)NC(C)CC(C)Cl. The van der Waals surface area contributed by atoms with Gasteiger partial charge in [-0.3, -0.25) is 9.78 Å². The monoisotopic (exact) mass is 240 g/mol. The zero-order chi connectivity index (χ0) is 12.1. The van der Waals surface area contributed by atoms with E-state index in [0.29, 0.717) is 5.56 Å². The fourth-order valence-corrected chi connectivity index (χ4v) is 1.84. The molecule has 0 fully saturated rings. The van der Waals surface area contributed by atoms with E-state index in [0.717, 1.165) is 12.1 Å². The van der Waals surface area contributed by atoms with Crippen molar-refractivity contribution in [3.05, 3.63) is 29.6 Å². The number of pyridine rings is 1. The van der Waals surface area contributed by atoms with E-state index in [1.807, 2.05) is 20.8 Å². The minimum absolute atomic E-state index is 0.0605. The van der Waals surface area contributed by atoms with Gasteiger partial charge in [-0.25, -0.2) is 0 Å². The van der Waals surface area contributed by atoms with Crippen LogP contribution in [0.1, 0.15) is 36.3 Å². The normalized spacial score (nSPS) is 14.2. The number of aryl methyl sites for hydroxylation is 1. The molecule has 1 N–H and O–H groups in total. The van der Waals surface area contributed by atoms with Gasteiger partial charge < -0.3 is 5.32 Å². The minimum Gasteiger partial charge on any atom is -0.349 e. The van der Waals surface area contributed by atoms with Crippen LogP contribution in [0.15, 0.2) is 18.3 Å². The predicted molar refractivity (Wildman–Crippen MR) is 65.8 cm³/mol. The second-order valence-corrected chi connectivity index (χ2v) is 4.77. The third-order valence-electron chi connectivity index (χ3n) is 2.31. The number of halogens is 1. The number of nitrogens with one attached hydrogen (secondary N) is 1. The average molecular weight is 241 g/mol. The molecule has 3 nitrogen and oxygen atoms in total. The van der Waals surface area contributed by atoms with Crippen LogP contribution >= 0.6 is 11.6 Å². The zero-order valence-corrected chi connectivity index (χ0v) is 10.6. The Bertz CT molecular complexity index is 366. The quantitative estimate of drug-likeness (QED) is 0.822. The average Bonchev–Trinajstić information content (AvgIpc) is 2.16. The zero-order valence-electron chi connectivity index (χ0n) is 9.83. The standard InChI is InChI=1S/C12H17ClN2O/c1-8(13)7-9(2)15-12(16)11-5-4-6-14-10(11)3/h4-6,8-9H,7H2,1-3H3,(H,15,16). The first-order chi connectivity index (χ1) is 7.50. The first-order valence-electron chi connectivity index (χ1n) is 5.37. The van der Waals surface area contributed by atoms with Gasteiger partial charge in [0, 0.05) is 23.3 Å². The van der Waals surface area contributed by atoms with Crippen LogP contribution in [0.2, 0.25) is 0 Å². The van der Waals surface area contributed by atoms with Crippen LogP contribution < -0.4 is 5.32 Å². The highest BCUT2D eigenvalue weighted by molar-refractivity contribution is 6.20. The molecule has 4 heteroatoms. The van der Waals surface area contributed by atoms with Gasteiger partial charge in [0.25, 0.3) is 5.91 Å². The summed E-state index contributed by atoms with van der Waals surface area (Å²) in [6.45, 7) is 5.69. The Morgan fingerprint density at radius 3 is 2.81 bits per heavy atom. The Kier molecular flexibility index (Phi) is 4.74. The number of nitrogens with zero attached hydrogens (tertiary/aromatic N) is 1. The lowest BCUT2D eigenvalue weighted by Crippen LogP contribution is -2.34. The molecule has 0 saturated heterocycles. The first kappa shape index (κ1) is 13.0. The van der Waals surface area contributed by atoms with Crippen molar-refractivity contribution in [3.63, 3.8) is 0 Å². The number of carbonyl (C=O) groups excluding carboxylic acids is 1. The third-order valence-corrected chi connectivity index (χ3v) is 2.49. The van der Waals surface area contributed by atoms with E-state index >= 15 is 0 Å². The highest BCUT2D eigenvalue weighted by Crippen LogP contribution is 2.07. The molecule has 0 aliphatic heterocycles. The van der Waals surface area contributed by atoms with Crippen LogP contribution in [0.3, 0.4) is 0 Å². The molecule has 1 rings (SSSR count). The lowest BCUT2D eigenvalue weighted by atomic mass is 10.1. The molecule has 2 atom stereocenters. The molecule has 0 aliphatic carbocycles. The van der Waals surface area contributed by atoms with E-state index in [4.69, 9.17) is 11.6 Å². The van der Waals surface area contributed by atoms with Crippen molar-refractivity contribution in [2.45, 2.75) is 38.6 Å². The molecule has 0 saturated carbocycles. The summed E-state index contributed by atoms with van der Waals surface area (Å²) in [5.41, 5.74) is 1.36. The fraction of sp³-hybridized carbons (Fsp3) is 0.500. The largest absolute Gasteiger partial charge is 0.349 e. The molecule has 0 bridgehead atoms. The van der Waals surface area contributed by atoms with Crippen LogP contribution in [-0.4, -0.2) is 22.3 Å². The van der Waals surface area contributed by atoms with Crippen molar-refractivity contribution in [2.24, 2.45) is 0 Å². The number of carbonyl (C=O) groups is 1. The molecule has 0 aliphatic rings. The summed E-state index contributed by atoms with van der Waals surface area (Å²) < 4.78 is 0. The molecule has 0 radical (unpaired) electrons. The maximum atomic E-state index is 11.9. The highest BCUT2D eigenvalue weighted by Gasteiger charge is 2.13. The molecule has 1 aromatic rings. The third kappa shape index (κ3) is 3.81. The Balaban J connectivity index is 2.63. The van der Waals surface area contributed by atoms with Crippen molar-refractivity contribution < 1.29 is 4.79 Å². The highest BCUT2D eigenvalue weighted by atomic mass is 35.5. The van der Waals surface area contributed by atoms with Gasteiger partial charge in [0.05, 0.1) is 5.56 Å². The first-order valence-corrected chi connectivity index (χ1v) is 5.81. The van der Waals surface area contributed by atoms with Crippen molar-refractivity contribution in [3.8, 4) is 0 Å². The summed E-state index contributed by atoms with van der Waals surface area (Å²) in [4.78, 5) is 15.9. The van der Waals surface area contributed by atoms with Crippen LogP contribution in [0.5, 0.6) is 0 Å². The smallest absolute Gasteiger partial charge is 0.253 e. The van der Waals surface area contributed by atoms with Gasteiger partial charge in [-0.05, 0) is 39.3 Å². The Morgan fingerprint density at radius 2 is 2.25 bits per heavy atom. The summed E-state index contributed by atoms with van der Waals surface area (Å²) in [5.74, 6) is -0.0876. The summed E-state index contributed by atoms with van der Waals surface area (Å²) in [6.07, 6.45) is 2.43. The van der Waals surface area contributed by atoms with Gasteiger partial charge in [0.2, 0.25) is 0 Å². The van der Waals surface area contributed by atoms with Gasteiger partial charge in [-0.2, -0.15) is 0 Å². The van der Waals surface area contributed by atoms with Gasteiger partial charge >= 0.3 is 0 Å². The van der Waals surface area contributed by atoms with E-state index in [2.05, 4.69) is 10.3 Å². The number of alkyl halides is 1. The molecule has 88 valence electrons.